The molecule has 1 fully saturated rings. The summed E-state index contributed by atoms with van der Waals surface area (Å²) in [6.45, 7) is 8.30. The van der Waals surface area contributed by atoms with Crippen LogP contribution in [0.3, 0.4) is 0 Å². The Hall–Kier alpha value is -1.07. The van der Waals surface area contributed by atoms with E-state index in [1.54, 1.807) is 28.6 Å². The lowest BCUT2D eigenvalue weighted by Crippen LogP contribution is -2.42. The number of hydrogen-bond acceptors (Lipinski definition) is 3. The molecule has 1 aromatic rings. The fraction of sp³-hybridized carbons (Fsp3) is 0.667. The highest BCUT2D eigenvalue weighted by molar-refractivity contribution is 7.89. The van der Waals surface area contributed by atoms with E-state index in [-0.39, 0.29) is 0 Å². The van der Waals surface area contributed by atoms with Gasteiger partial charge in [0.1, 0.15) is 5.75 Å². The molecule has 5 heteroatoms. The Bertz CT molecular complexity index is 573. The normalized spacial score (nSPS) is 22.9. The first-order valence-corrected chi connectivity index (χ1v) is 10.1. The summed E-state index contributed by atoms with van der Waals surface area (Å²) in [5.74, 6) is 1.56. The number of piperidine rings is 1. The van der Waals surface area contributed by atoms with E-state index < -0.39 is 10.0 Å². The van der Waals surface area contributed by atoms with Crippen molar-refractivity contribution < 1.29 is 13.2 Å². The van der Waals surface area contributed by atoms with Crippen LogP contribution in [0, 0.1) is 11.8 Å². The molecule has 0 saturated carbocycles. The molecule has 1 aliphatic rings. The van der Waals surface area contributed by atoms with Crippen molar-refractivity contribution >= 4 is 10.0 Å². The number of hydrogen-bond donors (Lipinski definition) is 0. The molecule has 23 heavy (non-hydrogen) atoms. The Morgan fingerprint density at radius 3 is 2.26 bits per heavy atom. The first kappa shape index (κ1) is 18.3. The van der Waals surface area contributed by atoms with E-state index in [0.717, 1.165) is 31.4 Å². The summed E-state index contributed by atoms with van der Waals surface area (Å²) in [4.78, 5) is 0.361. The molecule has 0 N–H and O–H groups in total. The van der Waals surface area contributed by atoms with Crippen molar-refractivity contribution in [2.75, 3.05) is 19.7 Å². The first-order valence-electron chi connectivity index (χ1n) is 8.66. The van der Waals surface area contributed by atoms with Gasteiger partial charge in [-0.25, -0.2) is 8.42 Å². The van der Waals surface area contributed by atoms with Gasteiger partial charge >= 0.3 is 0 Å². The molecule has 2 rings (SSSR count). The Kier molecular flexibility index (Phi) is 6.48. The highest BCUT2D eigenvalue weighted by atomic mass is 32.2. The Balaban J connectivity index is 2.02. The number of rotatable bonds is 7. The van der Waals surface area contributed by atoms with Gasteiger partial charge in [-0.3, -0.25) is 0 Å². The van der Waals surface area contributed by atoms with Crippen LogP contribution in [0.25, 0.3) is 0 Å². The minimum atomic E-state index is -3.40. The quantitative estimate of drug-likeness (QED) is 0.707. The molecule has 0 aromatic heterocycles. The molecule has 1 saturated heterocycles. The van der Waals surface area contributed by atoms with Crippen LogP contribution < -0.4 is 4.74 Å². The maximum Gasteiger partial charge on any atom is 0.243 e. The highest BCUT2D eigenvalue weighted by Crippen LogP contribution is 2.27. The van der Waals surface area contributed by atoms with Gasteiger partial charge in [-0.2, -0.15) is 4.31 Å². The summed E-state index contributed by atoms with van der Waals surface area (Å²) >= 11 is 0. The van der Waals surface area contributed by atoms with Crippen molar-refractivity contribution in [1.29, 1.82) is 0 Å². The standard InChI is InChI=1S/C18H29NO3S/c1-4-5-6-11-22-17-7-9-18(10-8-17)23(20,21)19-13-15(2)12-16(3)14-19/h7-10,15-16H,4-6,11-14H2,1-3H3/t15-,16-/m1/s1. The molecule has 1 heterocycles. The van der Waals surface area contributed by atoms with E-state index in [4.69, 9.17) is 4.74 Å². The fourth-order valence-corrected chi connectivity index (χ4v) is 4.88. The molecular formula is C18H29NO3S. The van der Waals surface area contributed by atoms with Gasteiger partial charge in [0.05, 0.1) is 11.5 Å². The van der Waals surface area contributed by atoms with Crippen molar-refractivity contribution in [1.82, 2.24) is 4.31 Å². The molecule has 1 aromatic carbocycles. The summed E-state index contributed by atoms with van der Waals surface area (Å²) in [7, 11) is -3.40. The molecule has 0 unspecified atom stereocenters. The molecule has 0 spiro atoms. The van der Waals surface area contributed by atoms with Gasteiger partial charge in [0.25, 0.3) is 0 Å². The van der Waals surface area contributed by atoms with Crippen LogP contribution in [0.4, 0.5) is 0 Å². The minimum absolute atomic E-state index is 0.361. The third-order valence-electron chi connectivity index (χ3n) is 4.31. The third kappa shape index (κ3) is 4.95. The van der Waals surface area contributed by atoms with Crippen LogP contribution in [0.2, 0.25) is 0 Å². The second kappa shape index (κ2) is 8.15. The van der Waals surface area contributed by atoms with Crippen LogP contribution in [0.1, 0.15) is 46.5 Å². The van der Waals surface area contributed by atoms with Gasteiger partial charge in [0.15, 0.2) is 0 Å². The summed E-state index contributed by atoms with van der Waals surface area (Å²) in [6, 6.07) is 6.84. The maximum absolute atomic E-state index is 12.8. The molecular weight excluding hydrogens is 310 g/mol. The second-order valence-corrected chi connectivity index (χ2v) is 8.73. The lowest BCUT2D eigenvalue weighted by atomic mass is 9.94. The molecule has 1 aliphatic heterocycles. The lowest BCUT2D eigenvalue weighted by Gasteiger charge is -2.34. The fourth-order valence-electron chi connectivity index (χ4n) is 3.20. The maximum atomic E-state index is 12.8. The van der Waals surface area contributed by atoms with E-state index in [1.807, 2.05) is 0 Å². The Labute approximate surface area is 140 Å². The van der Waals surface area contributed by atoms with Crippen LogP contribution in [0.15, 0.2) is 29.2 Å². The van der Waals surface area contributed by atoms with E-state index >= 15 is 0 Å². The van der Waals surface area contributed by atoms with Crippen LogP contribution >= 0.6 is 0 Å². The smallest absolute Gasteiger partial charge is 0.243 e. The van der Waals surface area contributed by atoms with Crippen LogP contribution in [-0.2, 0) is 10.0 Å². The van der Waals surface area contributed by atoms with Crippen LogP contribution in [-0.4, -0.2) is 32.4 Å². The number of ether oxygens (including phenoxy) is 1. The molecule has 0 amide bonds. The summed E-state index contributed by atoms with van der Waals surface area (Å²) in [5.41, 5.74) is 0. The molecule has 0 radical (unpaired) electrons. The van der Waals surface area contributed by atoms with Crippen molar-refractivity contribution in [3.05, 3.63) is 24.3 Å². The van der Waals surface area contributed by atoms with Gasteiger partial charge in [0, 0.05) is 13.1 Å². The van der Waals surface area contributed by atoms with Crippen molar-refractivity contribution in [3.8, 4) is 5.75 Å². The van der Waals surface area contributed by atoms with Gasteiger partial charge in [0.2, 0.25) is 10.0 Å². The van der Waals surface area contributed by atoms with E-state index in [2.05, 4.69) is 20.8 Å². The van der Waals surface area contributed by atoms with E-state index in [0.29, 0.717) is 36.4 Å². The number of sulfonamides is 1. The average molecular weight is 340 g/mol. The SMILES string of the molecule is CCCCCOc1ccc(S(=O)(=O)N2C[C@H](C)C[C@@H](C)C2)cc1. The topological polar surface area (TPSA) is 46.6 Å². The zero-order valence-corrected chi connectivity index (χ0v) is 15.3. The summed E-state index contributed by atoms with van der Waals surface area (Å²) in [6.07, 6.45) is 4.43. The molecule has 130 valence electrons. The average Bonchev–Trinajstić information content (AvgIpc) is 2.51. The largest absolute Gasteiger partial charge is 0.494 e. The van der Waals surface area contributed by atoms with Gasteiger partial charge in [-0.15, -0.1) is 0 Å². The van der Waals surface area contributed by atoms with Gasteiger partial charge < -0.3 is 4.74 Å². The number of nitrogens with zero attached hydrogens (tertiary/aromatic N) is 1. The molecule has 0 bridgehead atoms. The molecule has 2 atom stereocenters. The molecule has 0 aliphatic carbocycles. The number of benzene rings is 1. The number of unbranched alkanes of at least 4 members (excludes halogenated alkanes) is 2. The monoisotopic (exact) mass is 339 g/mol. The molecule has 4 nitrogen and oxygen atoms in total. The summed E-state index contributed by atoms with van der Waals surface area (Å²) < 4.78 is 32.8. The Morgan fingerprint density at radius 1 is 1.09 bits per heavy atom. The van der Waals surface area contributed by atoms with Crippen molar-refractivity contribution in [2.24, 2.45) is 11.8 Å². The van der Waals surface area contributed by atoms with E-state index in [9.17, 15) is 8.42 Å². The van der Waals surface area contributed by atoms with Gasteiger partial charge in [-0.05, 0) is 48.9 Å². The minimum Gasteiger partial charge on any atom is -0.494 e. The predicted molar refractivity (Wildman–Crippen MR) is 93.2 cm³/mol. The lowest BCUT2D eigenvalue weighted by molar-refractivity contribution is 0.222. The predicted octanol–water partition coefficient (Wildman–Crippen LogP) is 3.92. The third-order valence-corrected chi connectivity index (χ3v) is 6.16. The van der Waals surface area contributed by atoms with Crippen molar-refractivity contribution in [3.63, 3.8) is 0 Å². The zero-order valence-electron chi connectivity index (χ0n) is 14.5. The van der Waals surface area contributed by atoms with E-state index in [1.165, 1.54) is 0 Å². The zero-order chi connectivity index (χ0) is 16.9. The van der Waals surface area contributed by atoms with Crippen LogP contribution in [0.5, 0.6) is 5.75 Å². The Morgan fingerprint density at radius 2 is 1.70 bits per heavy atom. The highest BCUT2D eigenvalue weighted by Gasteiger charge is 2.31. The second-order valence-electron chi connectivity index (χ2n) is 6.80. The summed E-state index contributed by atoms with van der Waals surface area (Å²) in [5, 5.41) is 0. The van der Waals surface area contributed by atoms with Gasteiger partial charge in [-0.1, -0.05) is 33.6 Å². The van der Waals surface area contributed by atoms with Crippen molar-refractivity contribution in [2.45, 2.75) is 51.3 Å². The first-order chi connectivity index (χ1) is 10.9.